The lowest BCUT2D eigenvalue weighted by Gasteiger charge is -2.35. The molecule has 12 nitrogen and oxygen atoms in total. The molecular weight excluding hydrogens is 456 g/mol. The van der Waals surface area contributed by atoms with Crippen LogP contribution in [0, 0.1) is 0 Å². The lowest BCUT2D eigenvalue weighted by atomic mass is 10.3. The van der Waals surface area contributed by atoms with Gasteiger partial charge in [-0.25, -0.2) is 0 Å². The quantitative estimate of drug-likeness (QED) is 0.0617. The Hall–Kier alpha value is -0.480. The second-order valence-corrected chi connectivity index (χ2v) is 9.15. The van der Waals surface area contributed by atoms with Crippen LogP contribution in [-0.2, 0) is 0 Å². The van der Waals surface area contributed by atoms with Crippen LogP contribution in [0.5, 0.6) is 0 Å². The van der Waals surface area contributed by atoms with E-state index >= 15 is 0 Å². The summed E-state index contributed by atoms with van der Waals surface area (Å²) < 4.78 is 0. The first-order valence-corrected chi connectivity index (χ1v) is 12.9. The molecule has 0 aliphatic rings. The molecule has 0 rings (SSSR count). The van der Waals surface area contributed by atoms with Gasteiger partial charge >= 0.3 is 0 Å². The third kappa shape index (κ3) is 19.3. The van der Waals surface area contributed by atoms with E-state index in [-0.39, 0.29) is 26.4 Å². The first kappa shape index (κ1) is 34.5. The third-order valence-electron chi connectivity index (χ3n) is 5.56. The minimum absolute atomic E-state index is 0.00609. The van der Waals surface area contributed by atoms with E-state index in [9.17, 15) is 30.6 Å². The van der Waals surface area contributed by atoms with E-state index in [1.165, 1.54) is 0 Å². The number of hydrogen-bond donors (Lipinski definition) is 7. The van der Waals surface area contributed by atoms with Crippen LogP contribution < -0.4 is 5.32 Å². The standard InChI is InChI=1S/C23H54N6O6/c1-4-24-19-25(9-13-30)5-6-26(10-14-31)20-28(17-22(2)34)7-8-29(18-23(3)35)21-27(11-15-32)12-16-33/h22-24,30-35H,4-21H2,1-3H3. The van der Waals surface area contributed by atoms with Crippen LogP contribution in [0.2, 0.25) is 0 Å². The summed E-state index contributed by atoms with van der Waals surface area (Å²) in [4.78, 5) is 10.4. The number of rotatable bonds is 25. The van der Waals surface area contributed by atoms with Crippen molar-refractivity contribution >= 4 is 0 Å². The summed E-state index contributed by atoms with van der Waals surface area (Å²) in [6.07, 6.45) is -1.04. The predicted molar refractivity (Wildman–Crippen MR) is 138 cm³/mol. The Balaban J connectivity index is 5.14. The topological polar surface area (TPSA) is 150 Å². The summed E-state index contributed by atoms with van der Waals surface area (Å²) in [5.74, 6) is 0. The van der Waals surface area contributed by atoms with Crippen molar-refractivity contribution in [1.29, 1.82) is 0 Å². The lowest BCUT2D eigenvalue weighted by molar-refractivity contribution is 0.0318. The van der Waals surface area contributed by atoms with Gasteiger partial charge in [-0.2, -0.15) is 0 Å². The molecule has 0 spiro atoms. The van der Waals surface area contributed by atoms with Gasteiger partial charge in [-0.1, -0.05) is 6.92 Å². The van der Waals surface area contributed by atoms with Gasteiger partial charge in [0.25, 0.3) is 0 Å². The van der Waals surface area contributed by atoms with Crippen molar-refractivity contribution in [2.24, 2.45) is 0 Å². The molecule has 0 saturated carbocycles. The fourth-order valence-corrected chi connectivity index (χ4v) is 3.93. The fourth-order valence-electron chi connectivity index (χ4n) is 3.93. The smallest absolute Gasteiger partial charge is 0.0639 e. The first-order valence-electron chi connectivity index (χ1n) is 12.9. The normalized spacial score (nSPS) is 14.2. The molecule has 0 aliphatic carbocycles. The minimum Gasteiger partial charge on any atom is -0.395 e. The SMILES string of the molecule is CCNCN(CCO)CCN(CCO)CN(CCN(CC(C)O)CN(CCO)CCO)CC(C)O. The zero-order valence-electron chi connectivity index (χ0n) is 22.3. The van der Waals surface area contributed by atoms with Gasteiger partial charge in [0.1, 0.15) is 0 Å². The van der Waals surface area contributed by atoms with Gasteiger partial charge in [-0.15, -0.1) is 0 Å². The van der Waals surface area contributed by atoms with Crippen molar-refractivity contribution in [2.75, 3.05) is 118 Å². The van der Waals surface area contributed by atoms with Crippen LogP contribution in [0.15, 0.2) is 0 Å². The average Bonchev–Trinajstić information content (AvgIpc) is 2.78. The Kier molecular flexibility index (Phi) is 22.4. The predicted octanol–water partition coefficient (Wildman–Crippen LogP) is -3.29. The van der Waals surface area contributed by atoms with Gasteiger partial charge in [0, 0.05) is 72.1 Å². The fraction of sp³-hybridized carbons (Fsp3) is 1.00. The van der Waals surface area contributed by atoms with Crippen molar-refractivity contribution in [2.45, 2.75) is 33.0 Å². The van der Waals surface area contributed by atoms with E-state index < -0.39 is 12.2 Å². The zero-order valence-corrected chi connectivity index (χ0v) is 22.3. The molecule has 2 atom stereocenters. The van der Waals surface area contributed by atoms with Crippen molar-refractivity contribution < 1.29 is 30.6 Å². The largest absolute Gasteiger partial charge is 0.395 e. The summed E-state index contributed by atoms with van der Waals surface area (Å²) in [5.41, 5.74) is 0. The molecule has 7 N–H and O–H groups in total. The Bertz CT molecular complexity index is 460. The number of aliphatic hydroxyl groups excluding tert-OH is 6. The molecule has 12 heteroatoms. The van der Waals surface area contributed by atoms with Crippen LogP contribution >= 0.6 is 0 Å². The Morgan fingerprint density at radius 3 is 1.26 bits per heavy atom. The van der Waals surface area contributed by atoms with Gasteiger partial charge in [0.2, 0.25) is 0 Å². The molecule has 35 heavy (non-hydrogen) atoms. The van der Waals surface area contributed by atoms with E-state index in [1.807, 2.05) is 11.8 Å². The maximum absolute atomic E-state index is 10.1. The summed E-state index contributed by atoms with van der Waals surface area (Å²) in [6.45, 7) is 13.8. The van der Waals surface area contributed by atoms with E-state index in [0.29, 0.717) is 78.9 Å². The summed E-state index contributed by atoms with van der Waals surface area (Å²) in [6, 6.07) is 0. The van der Waals surface area contributed by atoms with E-state index in [1.54, 1.807) is 13.8 Å². The van der Waals surface area contributed by atoms with Gasteiger partial charge in [-0.3, -0.25) is 24.5 Å². The van der Waals surface area contributed by atoms with E-state index in [0.717, 1.165) is 13.1 Å². The van der Waals surface area contributed by atoms with Gasteiger partial charge in [-0.05, 0) is 20.4 Å². The number of nitrogens with one attached hydrogen (secondary N) is 1. The molecule has 0 fully saturated rings. The van der Waals surface area contributed by atoms with E-state index in [4.69, 9.17) is 0 Å². The molecule has 212 valence electrons. The second-order valence-electron chi connectivity index (χ2n) is 9.15. The van der Waals surface area contributed by atoms with Crippen molar-refractivity contribution in [3.8, 4) is 0 Å². The summed E-state index contributed by atoms with van der Waals surface area (Å²) in [7, 11) is 0. The summed E-state index contributed by atoms with van der Waals surface area (Å²) >= 11 is 0. The molecule has 0 heterocycles. The Labute approximate surface area is 212 Å². The maximum atomic E-state index is 10.1. The molecule has 0 saturated heterocycles. The monoisotopic (exact) mass is 510 g/mol. The van der Waals surface area contributed by atoms with Crippen LogP contribution in [-0.4, -0.2) is 186 Å². The van der Waals surface area contributed by atoms with Crippen molar-refractivity contribution in [1.82, 2.24) is 29.8 Å². The first-order chi connectivity index (χ1) is 16.8. The lowest BCUT2D eigenvalue weighted by Crippen LogP contribution is -2.50. The number of aliphatic hydroxyl groups is 6. The molecule has 2 unspecified atom stereocenters. The van der Waals surface area contributed by atoms with Crippen LogP contribution in [0.4, 0.5) is 0 Å². The van der Waals surface area contributed by atoms with Gasteiger partial charge in [0.15, 0.2) is 0 Å². The second kappa shape index (κ2) is 22.7. The molecule has 0 amide bonds. The highest BCUT2D eigenvalue weighted by Crippen LogP contribution is 2.03. The molecule has 0 aromatic rings. The number of hydrogen-bond acceptors (Lipinski definition) is 12. The highest BCUT2D eigenvalue weighted by molar-refractivity contribution is 4.71. The van der Waals surface area contributed by atoms with Crippen molar-refractivity contribution in [3.05, 3.63) is 0 Å². The van der Waals surface area contributed by atoms with Gasteiger partial charge < -0.3 is 36.0 Å². The maximum Gasteiger partial charge on any atom is 0.0639 e. The number of nitrogens with zero attached hydrogens (tertiary/aromatic N) is 5. The molecule has 0 bridgehead atoms. The zero-order chi connectivity index (χ0) is 26.5. The Morgan fingerprint density at radius 1 is 0.543 bits per heavy atom. The van der Waals surface area contributed by atoms with E-state index in [2.05, 4.69) is 24.9 Å². The van der Waals surface area contributed by atoms with Crippen LogP contribution in [0.1, 0.15) is 20.8 Å². The van der Waals surface area contributed by atoms with Crippen LogP contribution in [0.25, 0.3) is 0 Å². The van der Waals surface area contributed by atoms with Crippen molar-refractivity contribution in [3.63, 3.8) is 0 Å². The van der Waals surface area contributed by atoms with Gasteiger partial charge in [0.05, 0.1) is 52.0 Å². The summed E-state index contributed by atoms with van der Waals surface area (Å²) in [5, 5.41) is 60.9. The molecular formula is C23H54N6O6. The molecule has 0 aromatic carbocycles. The Morgan fingerprint density at radius 2 is 0.886 bits per heavy atom. The highest BCUT2D eigenvalue weighted by atomic mass is 16.3. The minimum atomic E-state index is -0.523. The molecule has 0 aliphatic heterocycles. The van der Waals surface area contributed by atoms with Crippen LogP contribution in [0.3, 0.4) is 0 Å². The molecule has 0 radical (unpaired) electrons. The highest BCUT2D eigenvalue weighted by Gasteiger charge is 2.18. The third-order valence-corrected chi connectivity index (χ3v) is 5.56. The molecule has 0 aromatic heterocycles. The average molecular weight is 511 g/mol.